The number of benzene rings is 6. The van der Waals surface area contributed by atoms with Gasteiger partial charge in [-0.3, -0.25) is 0 Å². The van der Waals surface area contributed by atoms with Gasteiger partial charge in [-0.1, -0.05) is 183 Å². The van der Waals surface area contributed by atoms with Crippen LogP contribution in [-0.2, 0) is 25.7 Å². The van der Waals surface area contributed by atoms with E-state index in [1.54, 1.807) is 0 Å². The van der Waals surface area contributed by atoms with Gasteiger partial charge in [0.25, 0.3) is 0 Å². The van der Waals surface area contributed by atoms with Crippen LogP contribution >= 0.6 is 0 Å². The summed E-state index contributed by atoms with van der Waals surface area (Å²) in [4.78, 5) is 0. The largest absolute Gasteiger partial charge is 0.0775 e. The van der Waals surface area contributed by atoms with Gasteiger partial charge in [0.1, 0.15) is 0 Å². The lowest BCUT2D eigenvalue weighted by Crippen LogP contribution is -2.37. The molecule has 0 heterocycles. The molecule has 0 atom stereocenters. The van der Waals surface area contributed by atoms with Crippen LogP contribution in [-0.4, -0.2) is 16.1 Å². The number of rotatable bonds is 6. The molecule has 0 spiro atoms. The Balaban J connectivity index is 1.12. The molecule has 4 bridgehead atoms. The zero-order valence-corrected chi connectivity index (χ0v) is 31.5. The third-order valence-corrected chi connectivity index (χ3v) is 14.4. The summed E-state index contributed by atoms with van der Waals surface area (Å²) >= 11 is 0. The minimum absolute atomic E-state index is 1.03. The summed E-state index contributed by atoms with van der Waals surface area (Å²) in [6.07, 6.45) is 4.12. The molecular weight excluding hydrogens is 609 g/mol. The Morgan fingerprint density at radius 1 is 0.312 bits per heavy atom. The monoisotopic (exact) mass is 656 g/mol. The predicted octanol–water partition coefficient (Wildman–Crippen LogP) is 11.3. The number of hydrogen-bond acceptors (Lipinski definition) is 0. The SMILES string of the molecule is C[Si](C)(C)c1ccc(-c2ccc(-c3cc4ccc3CCc3ccc(c(-c5ccc(-c6ccc([Si](C)(C)C)cc6)cc5)c3)CC4)cc2)cc1. The lowest BCUT2D eigenvalue weighted by Gasteiger charge is -2.18. The molecule has 2 heteroatoms. The van der Waals surface area contributed by atoms with Crippen LogP contribution in [0, 0.1) is 0 Å². The van der Waals surface area contributed by atoms with Gasteiger partial charge in [-0.05, 0) is 92.4 Å². The van der Waals surface area contributed by atoms with E-state index in [9.17, 15) is 0 Å². The molecule has 0 fully saturated rings. The second-order valence-corrected chi connectivity index (χ2v) is 25.9. The highest BCUT2D eigenvalue weighted by Crippen LogP contribution is 2.33. The van der Waals surface area contributed by atoms with Gasteiger partial charge in [-0.25, -0.2) is 0 Å². The van der Waals surface area contributed by atoms with Crippen molar-refractivity contribution < 1.29 is 0 Å². The van der Waals surface area contributed by atoms with Crippen LogP contribution in [0.5, 0.6) is 0 Å². The molecule has 240 valence electrons. The van der Waals surface area contributed by atoms with E-state index in [4.69, 9.17) is 0 Å². The molecule has 6 aromatic carbocycles. The molecule has 0 unspecified atom stereocenters. The predicted molar refractivity (Wildman–Crippen MR) is 215 cm³/mol. The molecule has 4 aliphatic carbocycles. The van der Waals surface area contributed by atoms with Gasteiger partial charge < -0.3 is 0 Å². The highest BCUT2D eigenvalue weighted by atomic mass is 28.3. The van der Waals surface area contributed by atoms with Crippen LogP contribution in [0.3, 0.4) is 0 Å². The number of hydrogen-bond donors (Lipinski definition) is 0. The first-order valence-electron chi connectivity index (χ1n) is 17.7. The standard InChI is InChI=1S/C46H48Si2/c1-47(2,3)43-27-23-37(24-28-43)35-15-19-41(20-16-35)45-31-33-7-11-39(45)13-9-34-8-12-40(14-10-33)46(32-34)42-21-17-36(18-22-42)38-25-29-44(30-26-38)48(4,5)6/h7-8,11-12,15-32H,9-10,13-14H2,1-6H3. The van der Waals surface area contributed by atoms with Gasteiger partial charge in [-0.15, -0.1) is 0 Å². The summed E-state index contributed by atoms with van der Waals surface area (Å²) in [7, 11) is -2.59. The van der Waals surface area contributed by atoms with Crippen molar-refractivity contribution in [3.63, 3.8) is 0 Å². The van der Waals surface area contributed by atoms with Crippen LogP contribution in [0.1, 0.15) is 22.3 Å². The van der Waals surface area contributed by atoms with Crippen LogP contribution in [0.2, 0.25) is 39.3 Å². The van der Waals surface area contributed by atoms with Crippen molar-refractivity contribution in [3.8, 4) is 44.5 Å². The summed E-state index contributed by atoms with van der Waals surface area (Å²) in [5.74, 6) is 0. The normalized spacial score (nSPS) is 13.3. The molecule has 0 amide bonds. The molecule has 4 aliphatic rings. The molecule has 0 saturated heterocycles. The van der Waals surface area contributed by atoms with Crippen molar-refractivity contribution in [2.45, 2.75) is 65.0 Å². The third kappa shape index (κ3) is 6.97. The van der Waals surface area contributed by atoms with Gasteiger partial charge in [-0.2, -0.15) is 0 Å². The molecule has 0 aliphatic heterocycles. The van der Waals surface area contributed by atoms with Crippen molar-refractivity contribution >= 4 is 26.5 Å². The van der Waals surface area contributed by atoms with Gasteiger partial charge in [0.05, 0.1) is 16.1 Å². The quantitative estimate of drug-likeness (QED) is 0.157. The molecule has 0 saturated carbocycles. The maximum Gasteiger partial charge on any atom is 0.0775 e. The summed E-state index contributed by atoms with van der Waals surface area (Å²) in [6.45, 7) is 14.5. The van der Waals surface area contributed by atoms with Crippen molar-refractivity contribution in [2.24, 2.45) is 0 Å². The molecule has 48 heavy (non-hydrogen) atoms. The Bertz CT molecular complexity index is 1880. The lowest BCUT2D eigenvalue weighted by molar-refractivity contribution is 0.925. The van der Waals surface area contributed by atoms with E-state index in [0.717, 1.165) is 25.7 Å². The smallest absolute Gasteiger partial charge is 0.0656 e. The Kier molecular flexibility index (Phi) is 8.74. The molecule has 0 radical (unpaired) electrons. The fraction of sp³-hybridized carbons (Fsp3) is 0.217. The van der Waals surface area contributed by atoms with Crippen molar-refractivity contribution in [1.29, 1.82) is 0 Å². The minimum atomic E-state index is -1.30. The topological polar surface area (TPSA) is 0 Å². The Labute approximate surface area is 290 Å². The first-order valence-corrected chi connectivity index (χ1v) is 24.7. The van der Waals surface area contributed by atoms with E-state index in [-0.39, 0.29) is 0 Å². The van der Waals surface area contributed by atoms with E-state index in [2.05, 4.69) is 173 Å². The van der Waals surface area contributed by atoms with Crippen LogP contribution in [0.4, 0.5) is 0 Å². The first kappa shape index (κ1) is 32.3. The van der Waals surface area contributed by atoms with Gasteiger partial charge in [0.15, 0.2) is 0 Å². The Morgan fingerprint density at radius 2 is 0.604 bits per heavy atom. The zero-order valence-electron chi connectivity index (χ0n) is 29.5. The van der Waals surface area contributed by atoms with Gasteiger partial charge in [0, 0.05) is 0 Å². The van der Waals surface area contributed by atoms with Crippen molar-refractivity contribution in [3.05, 3.63) is 156 Å². The second kappa shape index (κ2) is 13.0. The summed E-state index contributed by atoms with van der Waals surface area (Å²) in [5.41, 5.74) is 16.2. The maximum atomic E-state index is 2.46. The van der Waals surface area contributed by atoms with Crippen molar-refractivity contribution in [2.75, 3.05) is 0 Å². The second-order valence-electron chi connectivity index (χ2n) is 15.8. The van der Waals surface area contributed by atoms with Gasteiger partial charge >= 0.3 is 0 Å². The summed E-state index contributed by atoms with van der Waals surface area (Å²) < 4.78 is 0. The Hall–Kier alpha value is -4.25. The highest BCUT2D eigenvalue weighted by Gasteiger charge is 2.18. The lowest BCUT2D eigenvalue weighted by atomic mass is 9.87. The number of aryl methyl sites for hydroxylation is 4. The summed E-state index contributed by atoms with van der Waals surface area (Å²) in [6, 6.07) is 51.5. The third-order valence-electron chi connectivity index (χ3n) is 10.3. The van der Waals surface area contributed by atoms with Gasteiger partial charge in [0.2, 0.25) is 0 Å². The fourth-order valence-electron chi connectivity index (χ4n) is 7.10. The average molecular weight is 657 g/mol. The van der Waals surface area contributed by atoms with E-state index in [1.807, 2.05) is 0 Å². The molecule has 6 aromatic rings. The molecule has 0 nitrogen and oxygen atoms in total. The average Bonchev–Trinajstić information content (AvgIpc) is 3.09. The fourth-order valence-corrected chi connectivity index (χ4v) is 9.43. The Morgan fingerprint density at radius 3 is 0.917 bits per heavy atom. The summed E-state index contributed by atoms with van der Waals surface area (Å²) in [5, 5.41) is 3.02. The highest BCUT2D eigenvalue weighted by molar-refractivity contribution is 6.89. The molecule has 10 rings (SSSR count). The van der Waals surface area contributed by atoms with Crippen LogP contribution in [0.15, 0.2) is 133 Å². The van der Waals surface area contributed by atoms with Crippen LogP contribution in [0.25, 0.3) is 44.5 Å². The molecule has 0 N–H and O–H groups in total. The first-order chi connectivity index (χ1) is 23.0. The van der Waals surface area contributed by atoms with E-state index in [0.29, 0.717) is 0 Å². The van der Waals surface area contributed by atoms with Crippen molar-refractivity contribution in [1.82, 2.24) is 0 Å². The van der Waals surface area contributed by atoms with Crippen LogP contribution < -0.4 is 10.4 Å². The maximum absolute atomic E-state index is 2.46. The minimum Gasteiger partial charge on any atom is -0.0656 e. The molecular formula is C46H48Si2. The zero-order chi connectivity index (χ0) is 33.5. The van der Waals surface area contributed by atoms with E-state index in [1.165, 1.54) is 77.1 Å². The van der Waals surface area contributed by atoms with E-state index < -0.39 is 16.1 Å². The molecule has 0 aromatic heterocycles. The van der Waals surface area contributed by atoms with E-state index >= 15 is 0 Å².